The normalized spacial score (nSPS) is 15.2. The van der Waals surface area contributed by atoms with Gasteiger partial charge in [-0.2, -0.15) is 0 Å². The lowest BCUT2D eigenvalue weighted by Crippen LogP contribution is -2.44. The first-order valence-corrected chi connectivity index (χ1v) is 13.8. The van der Waals surface area contributed by atoms with Crippen molar-refractivity contribution in [3.63, 3.8) is 0 Å². The summed E-state index contributed by atoms with van der Waals surface area (Å²) in [7, 11) is 4.09. The average Bonchev–Trinajstić information content (AvgIpc) is 3.53. The van der Waals surface area contributed by atoms with E-state index in [0.717, 1.165) is 62.8 Å². The Hall–Kier alpha value is -3.70. The van der Waals surface area contributed by atoms with Crippen LogP contribution in [0.4, 0.5) is 0 Å². The molecule has 4 aromatic rings. The number of rotatable bonds is 7. The minimum atomic E-state index is -0.904. The molecule has 2 aromatic carbocycles. The number of carboxylic acids is 1. The highest BCUT2D eigenvalue weighted by Gasteiger charge is 2.17. The number of likely N-dealkylation sites (N-methyl/N-ethyl adjacent to an activating group) is 1. The molecule has 41 heavy (non-hydrogen) atoms. The van der Waals surface area contributed by atoms with Crippen LogP contribution in [0.1, 0.15) is 38.9 Å². The van der Waals surface area contributed by atoms with Crippen molar-refractivity contribution in [2.75, 3.05) is 46.4 Å². The number of furan rings is 1. The van der Waals surface area contributed by atoms with Gasteiger partial charge in [0.05, 0.1) is 23.1 Å². The molecule has 11 heteroatoms. The summed E-state index contributed by atoms with van der Waals surface area (Å²) in [6.07, 6.45) is 1.94. The van der Waals surface area contributed by atoms with E-state index < -0.39 is 5.97 Å². The third kappa shape index (κ3) is 8.89. The summed E-state index contributed by atoms with van der Waals surface area (Å²) in [5.41, 5.74) is 2.03. The van der Waals surface area contributed by atoms with Crippen LogP contribution < -0.4 is 4.74 Å². The number of carboxylic acid groups (broad SMARTS) is 1. The standard InChI is InChI=1S/C15H20N4O2.C12H9ClO3.C3H6O/c1-17-5-7-19(8-6-17)10-14-16-12-4-3-11(15(20)21)9-13(12)18(14)2;13-9-1-3-10(4-2-9)15-8-12-6-5-11(7-14)16-12;1-2-4-3-1/h3-4,9H,5-8,10H2,1-2H3,(H,20,21);1-7H,8H2;1-3H2. The molecule has 10 nitrogen and oxygen atoms in total. The molecule has 0 radical (unpaired) electrons. The van der Waals surface area contributed by atoms with Gasteiger partial charge in [-0.15, -0.1) is 0 Å². The average molecular weight is 583 g/mol. The highest BCUT2D eigenvalue weighted by molar-refractivity contribution is 6.30. The summed E-state index contributed by atoms with van der Waals surface area (Å²) in [5, 5.41) is 9.75. The van der Waals surface area contributed by atoms with Crippen molar-refractivity contribution in [3.05, 3.63) is 82.5 Å². The van der Waals surface area contributed by atoms with Gasteiger partial charge in [0, 0.05) is 51.5 Å². The maximum absolute atomic E-state index is 11.1. The number of halogens is 1. The number of carbonyl (C=O) groups excluding carboxylic acids is 1. The number of aldehydes is 1. The summed E-state index contributed by atoms with van der Waals surface area (Å²) in [5.74, 6) is 1.69. The Morgan fingerprint density at radius 2 is 1.73 bits per heavy atom. The van der Waals surface area contributed by atoms with Gasteiger partial charge in [0.15, 0.2) is 12.0 Å². The maximum Gasteiger partial charge on any atom is 0.335 e. The fourth-order valence-electron chi connectivity index (χ4n) is 4.09. The lowest BCUT2D eigenvalue weighted by atomic mass is 10.2. The lowest BCUT2D eigenvalue weighted by Gasteiger charge is -2.31. The van der Waals surface area contributed by atoms with Crippen LogP contribution in [0.2, 0.25) is 5.02 Å². The number of aryl methyl sites for hydroxylation is 1. The summed E-state index contributed by atoms with van der Waals surface area (Å²) >= 11 is 5.74. The number of carbonyl (C=O) groups is 2. The number of benzene rings is 2. The molecule has 1 N–H and O–H groups in total. The Labute approximate surface area is 244 Å². The lowest BCUT2D eigenvalue weighted by molar-refractivity contribution is 0.0367. The first-order valence-electron chi connectivity index (χ1n) is 13.4. The first-order chi connectivity index (χ1) is 19.8. The zero-order valence-corrected chi connectivity index (χ0v) is 24.0. The van der Waals surface area contributed by atoms with Gasteiger partial charge in [0.1, 0.15) is 23.9 Å². The van der Waals surface area contributed by atoms with E-state index in [1.807, 2.05) is 11.6 Å². The van der Waals surface area contributed by atoms with Gasteiger partial charge in [-0.25, -0.2) is 9.78 Å². The Bertz CT molecular complexity index is 1420. The number of imidazole rings is 1. The molecule has 2 aromatic heterocycles. The molecule has 0 bridgehead atoms. The third-order valence-corrected chi connectivity index (χ3v) is 7.00. The number of aromatic carboxylic acids is 1. The Balaban J connectivity index is 0.000000171. The summed E-state index contributed by atoms with van der Waals surface area (Å²) < 4.78 is 17.3. The zero-order valence-electron chi connectivity index (χ0n) is 23.3. The Kier molecular flexibility index (Phi) is 10.9. The SMILES string of the molecule is C1COC1.CN1CCN(Cc2nc3ccc(C(=O)O)cc3n2C)CC1.O=Cc1ccc(COc2ccc(Cl)cc2)o1. The van der Waals surface area contributed by atoms with Crippen LogP contribution in [-0.2, 0) is 24.9 Å². The van der Waals surface area contributed by atoms with Gasteiger partial charge >= 0.3 is 5.97 Å². The van der Waals surface area contributed by atoms with Gasteiger partial charge in [-0.1, -0.05) is 11.6 Å². The van der Waals surface area contributed by atoms with Crippen molar-refractivity contribution in [3.8, 4) is 5.75 Å². The van der Waals surface area contributed by atoms with Crippen LogP contribution in [0.25, 0.3) is 11.0 Å². The van der Waals surface area contributed by atoms with Crippen molar-refractivity contribution in [2.45, 2.75) is 19.6 Å². The van der Waals surface area contributed by atoms with Crippen molar-refractivity contribution in [1.29, 1.82) is 0 Å². The second-order valence-corrected chi connectivity index (χ2v) is 10.2. The maximum atomic E-state index is 11.1. The number of hydrogen-bond donors (Lipinski definition) is 1. The first kappa shape index (κ1) is 30.3. The molecule has 2 aliphatic heterocycles. The van der Waals surface area contributed by atoms with Gasteiger partial charge in [-0.05, 0) is 68.1 Å². The summed E-state index contributed by atoms with van der Waals surface area (Å²) in [6.45, 7) is 7.33. The van der Waals surface area contributed by atoms with Gasteiger partial charge in [0.25, 0.3) is 0 Å². The van der Waals surface area contributed by atoms with Crippen molar-refractivity contribution >= 4 is 34.9 Å². The molecule has 0 spiro atoms. The topological polar surface area (TPSA) is 110 Å². The molecule has 0 atom stereocenters. The van der Waals surface area contributed by atoms with E-state index in [-0.39, 0.29) is 6.61 Å². The van der Waals surface area contributed by atoms with Crippen LogP contribution in [-0.4, -0.2) is 83.2 Å². The molecule has 218 valence electrons. The second-order valence-electron chi connectivity index (χ2n) is 9.81. The highest BCUT2D eigenvalue weighted by Crippen LogP contribution is 2.19. The van der Waals surface area contributed by atoms with E-state index in [9.17, 15) is 9.59 Å². The number of hydrogen-bond acceptors (Lipinski definition) is 8. The molecule has 2 aliphatic rings. The minimum Gasteiger partial charge on any atom is -0.486 e. The van der Waals surface area contributed by atoms with Crippen LogP contribution in [0.5, 0.6) is 5.75 Å². The van der Waals surface area contributed by atoms with Crippen molar-refractivity contribution in [1.82, 2.24) is 19.4 Å². The number of piperazine rings is 1. The van der Waals surface area contributed by atoms with Gasteiger partial charge in [0.2, 0.25) is 0 Å². The molecule has 6 rings (SSSR count). The number of fused-ring (bicyclic) bond motifs is 1. The molecule has 0 amide bonds. The van der Waals surface area contributed by atoms with Gasteiger partial charge in [-0.3, -0.25) is 9.69 Å². The Morgan fingerprint density at radius 1 is 1.05 bits per heavy atom. The quantitative estimate of drug-likeness (QED) is 0.309. The monoisotopic (exact) mass is 582 g/mol. The zero-order chi connectivity index (χ0) is 29.2. The summed E-state index contributed by atoms with van der Waals surface area (Å²) in [6, 6.07) is 15.4. The molecule has 0 saturated carbocycles. The Morgan fingerprint density at radius 3 is 2.32 bits per heavy atom. The van der Waals surface area contributed by atoms with Crippen LogP contribution in [0.15, 0.2) is 59.0 Å². The van der Waals surface area contributed by atoms with E-state index in [4.69, 9.17) is 30.6 Å². The molecule has 0 aliphatic carbocycles. The third-order valence-electron chi connectivity index (χ3n) is 6.75. The molecule has 0 unspecified atom stereocenters. The van der Waals surface area contributed by atoms with E-state index in [2.05, 4.69) is 21.8 Å². The minimum absolute atomic E-state index is 0.287. The molecule has 2 fully saturated rings. The molecular formula is C30H35ClN4O6. The number of aromatic nitrogens is 2. The molecule has 2 saturated heterocycles. The number of ether oxygens (including phenoxy) is 2. The van der Waals surface area contributed by atoms with Crippen LogP contribution in [0, 0.1) is 0 Å². The van der Waals surface area contributed by atoms with E-state index >= 15 is 0 Å². The fourth-order valence-corrected chi connectivity index (χ4v) is 4.21. The predicted molar refractivity (Wildman–Crippen MR) is 156 cm³/mol. The van der Waals surface area contributed by atoms with Crippen molar-refractivity contribution in [2.24, 2.45) is 7.05 Å². The smallest absolute Gasteiger partial charge is 0.335 e. The van der Waals surface area contributed by atoms with Crippen LogP contribution >= 0.6 is 11.6 Å². The second kappa shape index (κ2) is 14.8. The highest BCUT2D eigenvalue weighted by atomic mass is 35.5. The van der Waals surface area contributed by atoms with E-state index in [1.54, 1.807) is 54.6 Å². The van der Waals surface area contributed by atoms with Crippen molar-refractivity contribution < 1.29 is 28.6 Å². The molecular weight excluding hydrogens is 548 g/mol. The predicted octanol–water partition coefficient (Wildman–Crippen LogP) is 4.75. The fraction of sp³-hybridized carbons (Fsp3) is 0.367. The molecule has 4 heterocycles. The van der Waals surface area contributed by atoms with Crippen LogP contribution in [0.3, 0.4) is 0 Å². The number of nitrogens with zero attached hydrogens (tertiary/aromatic N) is 4. The van der Waals surface area contributed by atoms with E-state index in [1.165, 1.54) is 6.42 Å². The largest absolute Gasteiger partial charge is 0.486 e. The van der Waals surface area contributed by atoms with E-state index in [0.29, 0.717) is 34.1 Å². The van der Waals surface area contributed by atoms with Gasteiger partial charge < -0.3 is 28.5 Å². The summed E-state index contributed by atoms with van der Waals surface area (Å²) in [4.78, 5) is 30.8.